The zero-order valence-electron chi connectivity index (χ0n) is 22.8. The smallest absolute Gasteiger partial charge is 0.416 e. The maximum absolute atomic E-state index is 12.3. The number of rotatable bonds is 5. The first-order chi connectivity index (χ1) is 19.7. The summed E-state index contributed by atoms with van der Waals surface area (Å²) < 4.78 is 37.0. The molecule has 1 saturated carbocycles. The Labute approximate surface area is 237 Å². The molecule has 7 nitrogen and oxygen atoms in total. The number of carbonyl (C=O) groups is 3. The molecular formula is C31H34F3N3O4. The van der Waals surface area contributed by atoms with Gasteiger partial charge < -0.3 is 25.4 Å². The van der Waals surface area contributed by atoms with Crippen LogP contribution in [0.15, 0.2) is 66.7 Å². The average Bonchev–Trinajstić information content (AvgIpc) is 3.49. The Balaban J connectivity index is 0.000000215. The van der Waals surface area contributed by atoms with Crippen molar-refractivity contribution in [3.8, 4) is 16.9 Å². The third-order valence-electron chi connectivity index (χ3n) is 7.10. The Bertz CT molecular complexity index is 1300. The molecule has 5 rings (SSSR count). The molecule has 0 spiro atoms. The van der Waals surface area contributed by atoms with E-state index in [1.54, 1.807) is 17.0 Å². The molecule has 10 heteroatoms. The lowest BCUT2D eigenvalue weighted by Gasteiger charge is -2.24. The van der Waals surface area contributed by atoms with Crippen LogP contribution < -0.4 is 10.6 Å². The van der Waals surface area contributed by atoms with Crippen molar-refractivity contribution in [3.05, 3.63) is 77.9 Å². The molecule has 3 aromatic rings. The number of urea groups is 1. The van der Waals surface area contributed by atoms with E-state index < -0.39 is 11.7 Å². The lowest BCUT2D eigenvalue weighted by molar-refractivity contribution is -0.137. The van der Waals surface area contributed by atoms with E-state index in [2.05, 4.69) is 10.6 Å². The minimum Gasteiger partial charge on any atom is -0.507 e. The molecule has 0 aromatic heterocycles. The Hall–Kier alpha value is -4.34. The number of carbonyl (C=O) groups excluding carboxylic acids is 3. The predicted octanol–water partition coefficient (Wildman–Crippen LogP) is 7.23. The second-order valence-corrected chi connectivity index (χ2v) is 9.75. The SMILES string of the molecule is C=O.CNc1ccc(-c2ccc(C(=O)C3CCC3)c(O)c2)cc1.O=C(Nc1ccc(C(F)(F)F)cc1)N1CCCC1. The van der Waals surface area contributed by atoms with Crippen LogP contribution >= 0.6 is 0 Å². The van der Waals surface area contributed by atoms with Gasteiger partial charge in [-0.3, -0.25) is 4.79 Å². The van der Waals surface area contributed by atoms with E-state index in [1.807, 2.05) is 44.2 Å². The number of benzene rings is 3. The van der Waals surface area contributed by atoms with Crippen molar-refractivity contribution in [1.29, 1.82) is 0 Å². The number of likely N-dealkylation sites (tertiary alicyclic amines) is 1. The van der Waals surface area contributed by atoms with Crippen molar-refractivity contribution in [2.24, 2.45) is 5.92 Å². The van der Waals surface area contributed by atoms with E-state index in [1.165, 1.54) is 12.1 Å². The first kappa shape index (κ1) is 31.2. The Morgan fingerprint density at radius 2 is 1.41 bits per heavy atom. The summed E-state index contributed by atoms with van der Waals surface area (Å²) in [5, 5.41) is 15.8. The largest absolute Gasteiger partial charge is 0.507 e. The summed E-state index contributed by atoms with van der Waals surface area (Å²) in [6.45, 7) is 3.40. The highest BCUT2D eigenvalue weighted by Crippen LogP contribution is 2.34. The lowest BCUT2D eigenvalue weighted by Crippen LogP contribution is -2.32. The molecule has 0 unspecified atom stereocenters. The third-order valence-corrected chi connectivity index (χ3v) is 7.10. The highest BCUT2D eigenvalue weighted by molar-refractivity contribution is 6.01. The van der Waals surface area contributed by atoms with Gasteiger partial charge in [0, 0.05) is 37.4 Å². The highest BCUT2D eigenvalue weighted by atomic mass is 19.4. The van der Waals surface area contributed by atoms with Gasteiger partial charge in [-0.2, -0.15) is 13.2 Å². The summed E-state index contributed by atoms with van der Waals surface area (Å²) in [5.41, 5.74) is 3.09. The van der Waals surface area contributed by atoms with Crippen molar-refractivity contribution in [1.82, 2.24) is 4.90 Å². The maximum Gasteiger partial charge on any atom is 0.416 e. The molecule has 2 aliphatic rings. The van der Waals surface area contributed by atoms with Gasteiger partial charge in [-0.25, -0.2) is 4.79 Å². The minimum absolute atomic E-state index is 0.0795. The van der Waals surface area contributed by atoms with Crippen LogP contribution in [0.1, 0.15) is 48.0 Å². The van der Waals surface area contributed by atoms with E-state index in [4.69, 9.17) is 4.79 Å². The number of aromatic hydroxyl groups is 1. The lowest BCUT2D eigenvalue weighted by atomic mass is 9.79. The van der Waals surface area contributed by atoms with Crippen LogP contribution in [0.4, 0.5) is 29.3 Å². The molecule has 41 heavy (non-hydrogen) atoms. The molecule has 0 atom stereocenters. The first-order valence-corrected chi connectivity index (χ1v) is 13.3. The summed E-state index contributed by atoms with van der Waals surface area (Å²) in [7, 11) is 1.88. The number of Topliss-reactive ketones (excluding diaryl/α,β-unsaturated/α-hetero) is 1. The van der Waals surface area contributed by atoms with E-state index >= 15 is 0 Å². The van der Waals surface area contributed by atoms with Gasteiger partial charge in [-0.1, -0.05) is 24.6 Å². The number of hydrogen-bond donors (Lipinski definition) is 3. The standard InChI is InChI=1S/C18H19NO2.C12H13F3N2O.CH2O/c1-19-15-8-5-12(6-9-15)14-7-10-16(17(20)11-14)18(21)13-3-2-4-13;13-12(14,15)9-3-5-10(6-4-9)16-11(18)17-7-1-2-8-17;1-2/h5-11,13,19-20H,2-4H2,1H3;3-6H,1-2,7-8H2,(H,16,18);1H2. The van der Waals surface area contributed by atoms with Crippen LogP contribution in [0.25, 0.3) is 11.1 Å². The van der Waals surface area contributed by atoms with E-state index in [0.29, 0.717) is 24.3 Å². The molecule has 3 aromatic carbocycles. The molecule has 0 radical (unpaired) electrons. The van der Waals surface area contributed by atoms with Crippen LogP contribution in [0, 0.1) is 5.92 Å². The van der Waals surface area contributed by atoms with E-state index in [9.17, 15) is 27.9 Å². The summed E-state index contributed by atoms with van der Waals surface area (Å²) in [6, 6.07) is 17.5. The van der Waals surface area contributed by atoms with E-state index in [-0.39, 0.29) is 23.5 Å². The number of halogens is 3. The van der Waals surface area contributed by atoms with Crippen molar-refractivity contribution >= 4 is 30.0 Å². The molecule has 2 fully saturated rings. The number of amides is 2. The summed E-state index contributed by atoms with van der Waals surface area (Å²) in [4.78, 5) is 33.6. The summed E-state index contributed by atoms with van der Waals surface area (Å²) in [6.07, 6.45) is 0.614. The van der Waals surface area contributed by atoms with Crippen LogP contribution in [-0.4, -0.2) is 48.7 Å². The van der Waals surface area contributed by atoms with Crippen molar-refractivity contribution < 1.29 is 32.7 Å². The van der Waals surface area contributed by atoms with E-state index in [0.717, 1.165) is 61.1 Å². The molecule has 1 aliphatic carbocycles. The number of phenolic OH excluding ortho intramolecular Hbond substituents is 1. The number of nitrogens with one attached hydrogen (secondary N) is 2. The number of nitrogens with zero attached hydrogens (tertiary/aromatic N) is 1. The second kappa shape index (κ2) is 14.3. The fraction of sp³-hybridized carbons (Fsp3) is 0.323. The van der Waals surface area contributed by atoms with Gasteiger partial charge in [0.1, 0.15) is 12.5 Å². The summed E-state index contributed by atoms with van der Waals surface area (Å²) in [5.74, 6) is 0.273. The molecule has 1 heterocycles. The first-order valence-electron chi connectivity index (χ1n) is 13.3. The van der Waals surface area contributed by atoms with Gasteiger partial charge in [0.15, 0.2) is 5.78 Å². The van der Waals surface area contributed by atoms with Gasteiger partial charge in [0.05, 0.1) is 11.1 Å². The van der Waals surface area contributed by atoms with Crippen molar-refractivity contribution in [2.45, 2.75) is 38.3 Å². The van der Waals surface area contributed by atoms with Crippen LogP contribution in [0.3, 0.4) is 0 Å². The number of alkyl halides is 3. The monoisotopic (exact) mass is 569 g/mol. The van der Waals surface area contributed by atoms with Crippen LogP contribution in [-0.2, 0) is 11.0 Å². The molecule has 3 N–H and O–H groups in total. The average molecular weight is 570 g/mol. The van der Waals surface area contributed by atoms with Crippen LogP contribution in [0.5, 0.6) is 5.75 Å². The summed E-state index contributed by atoms with van der Waals surface area (Å²) >= 11 is 0. The number of hydrogen-bond acceptors (Lipinski definition) is 5. The highest BCUT2D eigenvalue weighted by Gasteiger charge is 2.30. The van der Waals surface area contributed by atoms with Gasteiger partial charge >= 0.3 is 12.2 Å². The third kappa shape index (κ3) is 8.33. The molecule has 218 valence electrons. The second-order valence-electron chi connectivity index (χ2n) is 9.75. The number of phenols is 1. The van der Waals surface area contributed by atoms with Gasteiger partial charge in [0.25, 0.3) is 0 Å². The zero-order chi connectivity index (χ0) is 30.0. The van der Waals surface area contributed by atoms with Gasteiger partial charge in [0.2, 0.25) is 0 Å². The molecule has 1 saturated heterocycles. The van der Waals surface area contributed by atoms with Gasteiger partial charge in [-0.05, 0) is 85.3 Å². The van der Waals surface area contributed by atoms with Crippen molar-refractivity contribution in [2.75, 3.05) is 30.8 Å². The fourth-order valence-electron chi connectivity index (χ4n) is 4.50. The fourth-order valence-corrected chi connectivity index (χ4v) is 4.50. The number of anilines is 2. The van der Waals surface area contributed by atoms with Crippen molar-refractivity contribution in [3.63, 3.8) is 0 Å². The molecule has 2 amide bonds. The minimum atomic E-state index is -4.35. The molecule has 0 bridgehead atoms. The quantitative estimate of drug-likeness (QED) is 0.282. The zero-order valence-corrected chi connectivity index (χ0v) is 22.8. The van der Waals surface area contributed by atoms with Crippen LogP contribution in [0.2, 0.25) is 0 Å². The Morgan fingerprint density at radius 3 is 1.90 bits per heavy atom. The molecule has 1 aliphatic heterocycles. The topological polar surface area (TPSA) is 98.7 Å². The number of ketones is 1. The predicted molar refractivity (Wildman–Crippen MR) is 153 cm³/mol. The van der Waals surface area contributed by atoms with Gasteiger partial charge in [-0.15, -0.1) is 0 Å². The molecular weight excluding hydrogens is 535 g/mol. The Kier molecular flexibility index (Phi) is 10.9. The maximum atomic E-state index is 12.3. The normalized spacial score (nSPS) is 14.5. The Morgan fingerprint density at radius 1 is 0.854 bits per heavy atom.